The van der Waals surface area contributed by atoms with Gasteiger partial charge in [0.25, 0.3) is 0 Å². The first-order valence-electron chi connectivity index (χ1n) is 12.1. The molecule has 3 aliphatic heterocycles. The van der Waals surface area contributed by atoms with Gasteiger partial charge in [-0.05, 0) is 86.2 Å². The van der Waals surface area contributed by atoms with E-state index < -0.39 is 0 Å². The molecule has 6 rings (SSSR count). The van der Waals surface area contributed by atoms with Crippen LogP contribution in [0.2, 0.25) is 0 Å². The van der Waals surface area contributed by atoms with Crippen LogP contribution in [-0.2, 0) is 0 Å². The maximum absolute atomic E-state index is 4.86. The predicted molar refractivity (Wildman–Crippen MR) is 127 cm³/mol. The molecule has 3 atom stereocenters. The summed E-state index contributed by atoms with van der Waals surface area (Å²) in [4.78, 5) is 7.50. The number of aliphatic imine (C=N–C) groups is 1. The average Bonchev–Trinajstić information content (AvgIpc) is 3.47. The Labute approximate surface area is 185 Å². The third-order valence-corrected chi connectivity index (χ3v) is 7.59. The molecule has 0 bridgehead atoms. The number of nitrogens with one attached hydrogen (secondary N) is 2. The zero-order valence-electron chi connectivity index (χ0n) is 18.4. The standard InChI is InChI=1S/C26H33N5/c1-2-23-7-10-25-26(27-23)31(29-28-25)24-8-5-19(6-9-24)20-11-13-30(14-12-20)17-18-3-4-21-16-22(21)15-18/h3-9,15,20-22,25,28-29H,2,10-14,16-17H2,1H3. The number of hydrazine groups is 2. The van der Waals surface area contributed by atoms with E-state index in [-0.39, 0.29) is 6.04 Å². The molecule has 0 amide bonds. The van der Waals surface area contributed by atoms with Gasteiger partial charge in [-0.25, -0.2) is 15.4 Å². The molecule has 162 valence electrons. The molecule has 2 saturated heterocycles. The Kier molecular flexibility index (Phi) is 5.05. The second kappa shape index (κ2) is 8.05. The fourth-order valence-corrected chi connectivity index (χ4v) is 5.49. The highest BCUT2D eigenvalue weighted by Gasteiger charge is 2.35. The van der Waals surface area contributed by atoms with Gasteiger partial charge in [0.05, 0.1) is 11.7 Å². The molecule has 1 aromatic carbocycles. The number of anilines is 1. The third kappa shape index (κ3) is 3.91. The molecular formula is C26H33N5. The molecule has 3 heterocycles. The molecule has 31 heavy (non-hydrogen) atoms. The average molecular weight is 416 g/mol. The number of benzene rings is 1. The molecule has 5 nitrogen and oxygen atoms in total. The number of allylic oxidation sites excluding steroid dienone is 3. The van der Waals surface area contributed by atoms with Crippen LogP contribution in [0, 0.1) is 11.8 Å². The maximum Gasteiger partial charge on any atom is 0.143 e. The quantitative estimate of drug-likeness (QED) is 0.753. The lowest BCUT2D eigenvalue weighted by molar-refractivity contribution is 0.229. The van der Waals surface area contributed by atoms with Gasteiger partial charge in [0.1, 0.15) is 5.84 Å². The maximum atomic E-state index is 4.86. The van der Waals surface area contributed by atoms with Crippen LogP contribution < -0.4 is 16.0 Å². The summed E-state index contributed by atoms with van der Waals surface area (Å²) >= 11 is 0. The molecule has 2 N–H and O–H groups in total. The highest BCUT2D eigenvalue weighted by molar-refractivity contribution is 6.03. The lowest BCUT2D eigenvalue weighted by atomic mass is 9.89. The van der Waals surface area contributed by atoms with Crippen molar-refractivity contribution in [3.63, 3.8) is 0 Å². The summed E-state index contributed by atoms with van der Waals surface area (Å²) in [6, 6.07) is 9.40. The van der Waals surface area contributed by atoms with Crippen LogP contribution in [0.4, 0.5) is 5.69 Å². The van der Waals surface area contributed by atoms with Crippen molar-refractivity contribution < 1.29 is 0 Å². The molecule has 1 aromatic rings. The van der Waals surface area contributed by atoms with Crippen molar-refractivity contribution in [1.82, 2.24) is 15.9 Å². The Morgan fingerprint density at radius 1 is 1.10 bits per heavy atom. The van der Waals surface area contributed by atoms with E-state index in [4.69, 9.17) is 4.99 Å². The molecule has 3 unspecified atom stereocenters. The van der Waals surface area contributed by atoms with Crippen LogP contribution >= 0.6 is 0 Å². The van der Waals surface area contributed by atoms with Gasteiger partial charge in [-0.3, -0.25) is 4.90 Å². The Bertz CT molecular complexity index is 949. The molecule has 0 spiro atoms. The van der Waals surface area contributed by atoms with E-state index in [2.05, 4.69) is 76.4 Å². The molecular weight excluding hydrogens is 382 g/mol. The van der Waals surface area contributed by atoms with Crippen molar-refractivity contribution in [2.45, 2.75) is 51.0 Å². The summed E-state index contributed by atoms with van der Waals surface area (Å²) < 4.78 is 0. The van der Waals surface area contributed by atoms with E-state index >= 15 is 0 Å². The number of rotatable bonds is 5. The van der Waals surface area contributed by atoms with E-state index in [0.29, 0.717) is 5.92 Å². The number of fused-ring (bicyclic) bond motifs is 2. The zero-order valence-corrected chi connectivity index (χ0v) is 18.4. The molecule has 0 radical (unpaired) electrons. The fourth-order valence-electron chi connectivity index (χ4n) is 5.49. The van der Waals surface area contributed by atoms with Gasteiger partial charge in [-0.15, -0.1) is 0 Å². The minimum atomic E-state index is 0.263. The van der Waals surface area contributed by atoms with Crippen LogP contribution in [0.3, 0.4) is 0 Å². The molecule has 0 aromatic heterocycles. The number of hydrogen-bond donors (Lipinski definition) is 2. The lowest BCUT2D eigenvalue weighted by Crippen LogP contribution is -2.38. The van der Waals surface area contributed by atoms with Crippen molar-refractivity contribution in [3.8, 4) is 0 Å². The number of piperidine rings is 1. The molecule has 3 fully saturated rings. The number of amidine groups is 1. The Morgan fingerprint density at radius 3 is 2.71 bits per heavy atom. The van der Waals surface area contributed by atoms with Crippen LogP contribution in [-0.4, -0.2) is 36.4 Å². The first kappa shape index (κ1) is 19.5. The highest BCUT2D eigenvalue weighted by atomic mass is 15.7. The van der Waals surface area contributed by atoms with Crippen molar-refractivity contribution >= 4 is 11.5 Å². The second-order valence-corrected chi connectivity index (χ2v) is 9.70. The van der Waals surface area contributed by atoms with E-state index in [0.717, 1.165) is 42.7 Å². The summed E-state index contributed by atoms with van der Waals surface area (Å²) in [7, 11) is 0. The summed E-state index contributed by atoms with van der Waals surface area (Å²) in [5.74, 6) is 3.48. The molecule has 5 heteroatoms. The Morgan fingerprint density at radius 2 is 1.94 bits per heavy atom. The number of hydrogen-bond acceptors (Lipinski definition) is 5. The van der Waals surface area contributed by atoms with Crippen molar-refractivity contribution in [1.29, 1.82) is 0 Å². The molecule has 1 saturated carbocycles. The van der Waals surface area contributed by atoms with Gasteiger partial charge in [0, 0.05) is 12.2 Å². The summed E-state index contributed by atoms with van der Waals surface area (Å²) in [5, 5.41) is 2.11. The first-order valence-corrected chi connectivity index (χ1v) is 12.1. The van der Waals surface area contributed by atoms with Gasteiger partial charge in [0.2, 0.25) is 0 Å². The summed E-state index contributed by atoms with van der Waals surface area (Å²) in [5.41, 5.74) is 12.0. The largest absolute Gasteiger partial charge is 0.299 e. The molecule has 2 aliphatic carbocycles. The van der Waals surface area contributed by atoms with Crippen LogP contribution in [0.15, 0.2) is 64.8 Å². The van der Waals surface area contributed by atoms with Crippen molar-refractivity contribution in [2.75, 3.05) is 24.6 Å². The molecule has 5 aliphatic rings. The SMILES string of the molecule is CCC1=CCC2NNN(c3ccc(C4CCN(CC5=CC6CC6C=C5)CC4)cc3)C2=N1. The minimum absolute atomic E-state index is 0.263. The van der Waals surface area contributed by atoms with Gasteiger partial charge in [-0.2, -0.15) is 5.53 Å². The smallest absolute Gasteiger partial charge is 0.143 e. The highest BCUT2D eigenvalue weighted by Crippen LogP contribution is 2.44. The normalized spacial score (nSPS) is 30.4. The van der Waals surface area contributed by atoms with E-state index in [1.165, 1.54) is 43.6 Å². The van der Waals surface area contributed by atoms with Crippen molar-refractivity contribution in [3.05, 3.63) is 65.4 Å². The lowest BCUT2D eigenvalue weighted by Gasteiger charge is -2.33. The number of nitrogens with zero attached hydrogens (tertiary/aromatic N) is 3. The van der Waals surface area contributed by atoms with E-state index in [1.54, 1.807) is 5.57 Å². The van der Waals surface area contributed by atoms with Crippen LogP contribution in [0.5, 0.6) is 0 Å². The monoisotopic (exact) mass is 415 g/mol. The van der Waals surface area contributed by atoms with Crippen molar-refractivity contribution in [2.24, 2.45) is 16.8 Å². The van der Waals surface area contributed by atoms with Gasteiger partial charge >= 0.3 is 0 Å². The van der Waals surface area contributed by atoms with Crippen LogP contribution in [0.25, 0.3) is 0 Å². The van der Waals surface area contributed by atoms with E-state index in [9.17, 15) is 0 Å². The van der Waals surface area contributed by atoms with Gasteiger partial charge in [-0.1, -0.05) is 43.4 Å². The third-order valence-electron chi connectivity index (χ3n) is 7.59. The minimum Gasteiger partial charge on any atom is -0.299 e. The van der Waals surface area contributed by atoms with E-state index in [1.807, 2.05) is 0 Å². The fraction of sp³-hybridized carbons (Fsp3) is 0.500. The second-order valence-electron chi connectivity index (χ2n) is 9.70. The topological polar surface area (TPSA) is 42.9 Å². The van der Waals surface area contributed by atoms with Gasteiger partial charge < -0.3 is 0 Å². The van der Waals surface area contributed by atoms with Crippen LogP contribution in [0.1, 0.15) is 50.5 Å². The van der Waals surface area contributed by atoms with Gasteiger partial charge in [0.15, 0.2) is 0 Å². The summed E-state index contributed by atoms with van der Waals surface area (Å²) in [6.45, 7) is 5.71. The first-order chi connectivity index (χ1) is 15.3. The summed E-state index contributed by atoms with van der Waals surface area (Å²) in [6.07, 6.45) is 15.4. The number of likely N-dealkylation sites (tertiary alicyclic amines) is 1. The predicted octanol–water partition coefficient (Wildman–Crippen LogP) is 4.29. The Hall–Kier alpha value is -2.21. The zero-order chi connectivity index (χ0) is 20.8. The Balaban J connectivity index is 1.07.